The van der Waals surface area contributed by atoms with E-state index in [0.29, 0.717) is 27.5 Å². The molecule has 2 aromatic carbocycles. The third-order valence-corrected chi connectivity index (χ3v) is 5.27. The molecule has 0 bridgehead atoms. The van der Waals surface area contributed by atoms with Gasteiger partial charge < -0.3 is 9.47 Å². The second-order valence-corrected chi connectivity index (χ2v) is 7.27. The quantitative estimate of drug-likeness (QED) is 0.484. The summed E-state index contributed by atoms with van der Waals surface area (Å²) in [6, 6.07) is 12.7. The molecule has 5 nitrogen and oxygen atoms in total. The van der Waals surface area contributed by atoms with Crippen molar-refractivity contribution in [2.45, 2.75) is 0 Å². The molecule has 0 saturated carbocycles. The lowest BCUT2D eigenvalue weighted by Crippen LogP contribution is -2.23. The molecule has 0 aliphatic carbocycles. The van der Waals surface area contributed by atoms with Gasteiger partial charge in [0, 0.05) is 7.05 Å². The summed E-state index contributed by atoms with van der Waals surface area (Å²) in [5, 5.41) is 1.09. The fourth-order valence-electron chi connectivity index (χ4n) is 2.44. The van der Waals surface area contributed by atoms with Crippen LogP contribution in [0.5, 0.6) is 11.5 Å². The maximum absolute atomic E-state index is 12.6. The number of ether oxygens (including phenoxy) is 2. The number of thioether (sulfide) groups is 1. The third-order valence-electron chi connectivity index (χ3n) is 3.91. The monoisotopic (exact) mass is 414 g/mol. The average molecular weight is 415 g/mol. The molecule has 0 N–H and O–H groups in total. The Hall–Kier alpha value is -2.70. The van der Waals surface area contributed by atoms with Crippen LogP contribution in [0.3, 0.4) is 0 Å². The van der Waals surface area contributed by atoms with E-state index >= 15 is 0 Å². The predicted molar refractivity (Wildman–Crippen MR) is 116 cm³/mol. The van der Waals surface area contributed by atoms with E-state index in [9.17, 15) is 4.79 Å². The Labute approximate surface area is 173 Å². The van der Waals surface area contributed by atoms with Crippen molar-refractivity contribution in [3.63, 3.8) is 0 Å². The number of rotatable bonds is 6. The first-order valence-corrected chi connectivity index (χ1v) is 9.65. The number of hydrogen-bond donors (Lipinski definition) is 0. The Bertz CT molecular complexity index is 955. The van der Waals surface area contributed by atoms with Gasteiger partial charge in [0.25, 0.3) is 5.91 Å². The zero-order valence-corrected chi connectivity index (χ0v) is 17.1. The highest BCUT2D eigenvalue weighted by atomic mass is 35.5. The number of methoxy groups -OCH3 is 1. The van der Waals surface area contributed by atoms with Crippen LogP contribution in [-0.4, -0.2) is 36.7 Å². The SMILES string of the molecule is C=CCOc1ccc(/C=C2/SC(=Nc3ccc(OC)cc3)N(C)C2=O)cc1Cl. The molecular formula is C21H19ClN2O3S. The molecule has 3 rings (SSSR count). The molecular weight excluding hydrogens is 396 g/mol. The van der Waals surface area contributed by atoms with Crippen LogP contribution in [0, 0.1) is 0 Å². The number of hydrogen-bond acceptors (Lipinski definition) is 5. The molecule has 1 aliphatic rings. The minimum Gasteiger partial charge on any atom is -0.497 e. The summed E-state index contributed by atoms with van der Waals surface area (Å²) < 4.78 is 10.6. The Kier molecular flexibility index (Phi) is 6.44. The number of amides is 1. The van der Waals surface area contributed by atoms with Gasteiger partial charge in [0.15, 0.2) is 5.17 Å². The number of aliphatic imine (C=N–C) groups is 1. The summed E-state index contributed by atoms with van der Waals surface area (Å²) >= 11 is 7.57. The summed E-state index contributed by atoms with van der Waals surface area (Å²) in [5.41, 5.74) is 1.56. The van der Waals surface area contributed by atoms with Crippen LogP contribution in [0.15, 0.2) is 65.0 Å². The lowest BCUT2D eigenvalue weighted by molar-refractivity contribution is -0.121. The summed E-state index contributed by atoms with van der Waals surface area (Å²) in [6.07, 6.45) is 3.45. The van der Waals surface area contributed by atoms with Crippen molar-refractivity contribution in [2.75, 3.05) is 20.8 Å². The van der Waals surface area contributed by atoms with E-state index in [1.165, 1.54) is 16.7 Å². The van der Waals surface area contributed by atoms with E-state index < -0.39 is 0 Å². The highest BCUT2D eigenvalue weighted by Gasteiger charge is 2.30. The van der Waals surface area contributed by atoms with Crippen molar-refractivity contribution in [3.05, 3.63) is 70.6 Å². The minimum absolute atomic E-state index is 0.111. The van der Waals surface area contributed by atoms with Crippen LogP contribution in [0.1, 0.15) is 5.56 Å². The Balaban J connectivity index is 1.81. The van der Waals surface area contributed by atoms with Crippen LogP contribution >= 0.6 is 23.4 Å². The van der Waals surface area contributed by atoms with Gasteiger partial charge in [0.2, 0.25) is 0 Å². The van der Waals surface area contributed by atoms with Gasteiger partial charge in [0.1, 0.15) is 18.1 Å². The molecule has 1 saturated heterocycles. The van der Waals surface area contributed by atoms with E-state index in [-0.39, 0.29) is 5.91 Å². The number of benzene rings is 2. The number of carbonyl (C=O) groups excluding carboxylic acids is 1. The van der Waals surface area contributed by atoms with Crippen molar-refractivity contribution in [1.29, 1.82) is 0 Å². The Morgan fingerprint density at radius 3 is 2.64 bits per heavy atom. The molecule has 1 aliphatic heterocycles. The summed E-state index contributed by atoms with van der Waals surface area (Å²) in [5.74, 6) is 1.22. The van der Waals surface area contributed by atoms with Gasteiger partial charge in [-0.2, -0.15) is 0 Å². The minimum atomic E-state index is -0.111. The van der Waals surface area contributed by atoms with E-state index in [2.05, 4.69) is 11.6 Å². The molecule has 0 radical (unpaired) electrons. The van der Waals surface area contributed by atoms with Gasteiger partial charge in [-0.1, -0.05) is 30.3 Å². The third kappa shape index (κ3) is 4.58. The molecule has 0 unspecified atom stereocenters. The summed E-state index contributed by atoms with van der Waals surface area (Å²) in [6.45, 7) is 3.99. The first-order valence-electron chi connectivity index (χ1n) is 8.45. The van der Waals surface area contributed by atoms with Crippen molar-refractivity contribution in [2.24, 2.45) is 4.99 Å². The number of halogens is 1. The number of amidine groups is 1. The van der Waals surface area contributed by atoms with Gasteiger partial charge in [-0.05, 0) is 59.8 Å². The van der Waals surface area contributed by atoms with Gasteiger partial charge in [0.05, 0.1) is 22.7 Å². The Morgan fingerprint density at radius 2 is 2.00 bits per heavy atom. The summed E-state index contributed by atoms with van der Waals surface area (Å²) in [4.78, 5) is 19.2. The highest BCUT2D eigenvalue weighted by molar-refractivity contribution is 8.18. The van der Waals surface area contributed by atoms with Crippen LogP contribution in [0.25, 0.3) is 6.08 Å². The maximum atomic E-state index is 12.6. The smallest absolute Gasteiger partial charge is 0.266 e. The van der Waals surface area contributed by atoms with Gasteiger partial charge >= 0.3 is 0 Å². The van der Waals surface area contributed by atoms with E-state index in [1.54, 1.807) is 38.4 Å². The molecule has 144 valence electrons. The number of carbonyl (C=O) groups is 1. The van der Waals surface area contributed by atoms with Crippen LogP contribution in [-0.2, 0) is 4.79 Å². The Morgan fingerprint density at radius 1 is 1.25 bits per heavy atom. The molecule has 0 atom stereocenters. The van der Waals surface area contributed by atoms with E-state index in [4.69, 9.17) is 21.1 Å². The first-order chi connectivity index (χ1) is 13.5. The average Bonchev–Trinajstić information content (AvgIpc) is 2.96. The molecule has 1 heterocycles. The van der Waals surface area contributed by atoms with E-state index in [1.807, 2.05) is 30.3 Å². The molecule has 1 fully saturated rings. The van der Waals surface area contributed by atoms with Gasteiger partial charge in [-0.15, -0.1) is 0 Å². The number of likely N-dealkylation sites (N-methyl/N-ethyl adjacent to an activating group) is 1. The van der Waals surface area contributed by atoms with Crippen molar-refractivity contribution < 1.29 is 14.3 Å². The predicted octanol–water partition coefficient (Wildman–Crippen LogP) is 5.15. The molecule has 2 aromatic rings. The van der Waals surface area contributed by atoms with Gasteiger partial charge in [-0.3, -0.25) is 9.69 Å². The highest BCUT2D eigenvalue weighted by Crippen LogP contribution is 2.34. The van der Waals surface area contributed by atoms with Crippen molar-refractivity contribution in [1.82, 2.24) is 4.90 Å². The molecule has 7 heteroatoms. The largest absolute Gasteiger partial charge is 0.497 e. The zero-order valence-electron chi connectivity index (χ0n) is 15.5. The van der Waals surface area contributed by atoms with Crippen molar-refractivity contribution in [3.8, 4) is 11.5 Å². The fourth-order valence-corrected chi connectivity index (χ4v) is 3.67. The first kappa shape index (κ1) is 20.0. The van der Waals surface area contributed by atoms with E-state index in [0.717, 1.165) is 17.0 Å². The van der Waals surface area contributed by atoms with Crippen molar-refractivity contribution >= 4 is 46.2 Å². The van der Waals surface area contributed by atoms with Crippen LogP contribution in [0.2, 0.25) is 5.02 Å². The second kappa shape index (κ2) is 8.99. The lowest BCUT2D eigenvalue weighted by atomic mass is 10.2. The molecule has 28 heavy (non-hydrogen) atoms. The summed E-state index contributed by atoms with van der Waals surface area (Å²) in [7, 11) is 3.32. The molecule has 0 aromatic heterocycles. The molecule has 1 amide bonds. The van der Waals surface area contributed by atoms with Gasteiger partial charge in [-0.25, -0.2) is 4.99 Å². The lowest BCUT2D eigenvalue weighted by Gasteiger charge is -2.07. The maximum Gasteiger partial charge on any atom is 0.266 e. The topological polar surface area (TPSA) is 51.1 Å². The molecule has 0 spiro atoms. The number of nitrogens with zero attached hydrogens (tertiary/aromatic N) is 2. The fraction of sp³-hybridized carbons (Fsp3) is 0.143. The van der Waals surface area contributed by atoms with Crippen LogP contribution < -0.4 is 9.47 Å². The second-order valence-electron chi connectivity index (χ2n) is 5.86. The standard InChI is InChI=1S/C21H19ClN2O3S/c1-4-11-27-18-10-5-14(12-17(18)22)13-19-20(25)24(2)21(28-19)23-15-6-8-16(26-3)9-7-15/h4-10,12-13H,1,11H2,2-3H3/b19-13+,23-21?. The zero-order chi connectivity index (χ0) is 20.1. The normalized spacial score (nSPS) is 16.7. The van der Waals surface area contributed by atoms with Crippen LogP contribution in [0.4, 0.5) is 5.69 Å².